The summed E-state index contributed by atoms with van der Waals surface area (Å²) in [7, 11) is 4.72. The highest BCUT2D eigenvalue weighted by molar-refractivity contribution is 5.92. The van der Waals surface area contributed by atoms with E-state index >= 15 is 0 Å². The zero-order valence-electron chi connectivity index (χ0n) is 18.1. The van der Waals surface area contributed by atoms with Crippen LogP contribution >= 0.6 is 0 Å². The molecule has 0 radical (unpaired) electrons. The topological polar surface area (TPSA) is 70.1 Å². The maximum absolute atomic E-state index is 13.0. The van der Waals surface area contributed by atoms with Crippen LogP contribution in [0.3, 0.4) is 0 Å². The third-order valence-corrected chi connectivity index (χ3v) is 5.99. The van der Waals surface area contributed by atoms with Crippen molar-refractivity contribution in [3.63, 3.8) is 0 Å². The fourth-order valence-electron chi connectivity index (χ4n) is 4.64. The third-order valence-electron chi connectivity index (χ3n) is 5.99. The Labute approximate surface area is 182 Å². The summed E-state index contributed by atoms with van der Waals surface area (Å²) < 4.78 is 22.3. The molecule has 1 aromatic carbocycles. The summed E-state index contributed by atoms with van der Waals surface area (Å²) in [5.41, 5.74) is 0.810. The maximum Gasteiger partial charge on any atom is 0.247 e. The number of hydrogen-bond acceptors (Lipinski definition) is 6. The highest BCUT2D eigenvalue weighted by atomic mass is 16.5. The molecule has 31 heavy (non-hydrogen) atoms. The van der Waals surface area contributed by atoms with E-state index < -0.39 is 0 Å². The SMILES string of the molecule is COc1cc(/C=C/C(=O)N2C3CCC2CC(Oc2cccnc2)C3)cc(OC)c1OC. The fraction of sp³-hybridized carbons (Fsp3) is 0.417. The van der Waals surface area contributed by atoms with E-state index in [9.17, 15) is 4.79 Å². The molecule has 2 saturated heterocycles. The number of benzene rings is 1. The second-order valence-electron chi connectivity index (χ2n) is 7.82. The van der Waals surface area contributed by atoms with Crippen molar-refractivity contribution in [2.75, 3.05) is 21.3 Å². The Morgan fingerprint density at radius 2 is 1.74 bits per heavy atom. The molecule has 0 spiro atoms. The monoisotopic (exact) mass is 424 g/mol. The molecule has 3 heterocycles. The summed E-state index contributed by atoms with van der Waals surface area (Å²) in [6.07, 6.45) is 10.7. The lowest BCUT2D eigenvalue weighted by Crippen LogP contribution is -2.48. The number of fused-ring (bicyclic) bond motifs is 2. The van der Waals surface area contributed by atoms with Crippen molar-refractivity contribution >= 4 is 12.0 Å². The van der Waals surface area contributed by atoms with E-state index in [0.717, 1.165) is 37.0 Å². The number of nitrogens with zero attached hydrogens (tertiary/aromatic N) is 2. The Morgan fingerprint density at radius 3 is 2.29 bits per heavy atom. The second-order valence-corrected chi connectivity index (χ2v) is 7.82. The number of piperidine rings is 1. The Morgan fingerprint density at radius 1 is 1.06 bits per heavy atom. The zero-order chi connectivity index (χ0) is 21.8. The number of methoxy groups -OCH3 is 3. The summed E-state index contributed by atoms with van der Waals surface area (Å²) >= 11 is 0. The van der Waals surface area contributed by atoms with Crippen LogP contribution in [0, 0.1) is 0 Å². The van der Waals surface area contributed by atoms with Gasteiger partial charge in [-0.2, -0.15) is 0 Å². The summed E-state index contributed by atoms with van der Waals surface area (Å²) in [6.45, 7) is 0. The van der Waals surface area contributed by atoms with Gasteiger partial charge in [0.1, 0.15) is 11.9 Å². The van der Waals surface area contributed by atoms with E-state index in [1.54, 1.807) is 45.9 Å². The van der Waals surface area contributed by atoms with Gasteiger partial charge in [0, 0.05) is 37.2 Å². The second kappa shape index (κ2) is 9.29. The van der Waals surface area contributed by atoms with Gasteiger partial charge in [-0.25, -0.2) is 0 Å². The quantitative estimate of drug-likeness (QED) is 0.631. The third kappa shape index (κ3) is 4.45. The minimum atomic E-state index is 0.0288. The highest BCUT2D eigenvalue weighted by Crippen LogP contribution is 2.39. The van der Waals surface area contributed by atoms with Crippen LogP contribution in [0.2, 0.25) is 0 Å². The van der Waals surface area contributed by atoms with Crippen LogP contribution in [-0.4, -0.2) is 55.3 Å². The molecule has 2 bridgehead atoms. The Kier molecular flexibility index (Phi) is 6.30. The molecule has 2 atom stereocenters. The van der Waals surface area contributed by atoms with Crippen LogP contribution < -0.4 is 18.9 Å². The van der Waals surface area contributed by atoms with E-state index in [4.69, 9.17) is 18.9 Å². The lowest BCUT2D eigenvalue weighted by atomic mass is 9.99. The lowest BCUT2D eigenvalue weighted by molar-refractivity contribution is -0.131. The first-order valence-electron chi connectivity index (χ1n) is 10.5. The average Bonchev–Trinajstić information content (AvgIpc) is 3.07. The predicted molar refractivity (Wildman–Crippen MR) is 117 cm³/mol. The molecule has 1 amide bonds. The standard InChI is InChI=1S/C24H28N2O5/c1-28-21-11-16(12-22(29-2)24(21)30-3)6-9-23(27)26-17-7-8-18(26)14-20(13-17)31-19-5-4-10-25-15-19/h4-6,9-12,15,17-18,20H,7-8,13-14H2,1-3H3/b9-6+. The van der Waals surface area contributed by atoms with E-state index in [1.807, 2.05) is 29.2 Å². The van der Waals surface area contributed by atoms with Gasteiger partial charge in [0.2, 0.25) is 11.7 Å². The lowest BCUT2D eigenvalue weighted by Gasteiger charge is -2.38. The molecular formula is C24H28N2O5. The fourth-order valence-corrected chi connectivity index (χ4v) is 4.64. The van der Waals surface area contributed by atoms with Crippen molar-refractivity contribution in [2.45, 2.75) is 43.9 Å². The van der Waals surface area contributed by atoms with Crippen LogP contribution in [0.4, 0.5) is 0 Å². The van der Waals surface area contributed by atoms with E-state index in [1.165, 1.54) is 0 Å². The molecule has 2 aromatic rings. The van der Waals surface area contributed by atoms with Crippen LogP contribution in [0.15, 0.2) is 42.7 Å². The summed E-state index contributed by atoms with van der Waals surface area (Å²) in [6, 6.07) is 7.86. The van der Waals surface area contributed by atoms with Crippen molar-refractivity contribution in [1.82, 2.24) is 9.88 Å². The summed E-state index contributed by atoms with van der Waals surface area (Å²) in [5, 5.41) is 0. The summed E-state index contributed by atoms with van der Waals surface area (Å²) in [4.78, 5) is 19.2. The molecule has 0 aliphatic carbocycles. The van der Waals surface area contributed by atoms with Crippen LogP contribution in [0.25, 0.3) is 6.08 Å². The molecule has 1 aromatic heterocycles. The number of carbonyl (C=O) groups excluding carboxylic acids is 1. The number of carbonyl (C=O) groups is 1. The Hall–Kier alpha value is -3.22. The highest BCUT2D eigenvalue weighted by Gasteiger charge is 2.43. The van der Waals surface area contributed by atoms with Gasteiger partial charge in [0.15, 0.2) is 11.5 Å². The van der Waals surface area contributed by atoms with Crippen molar-refractivity contribution in [3.05, 3.63) is 48.3 Å². The van der Waals surface area contributed by atoms with E-state index in [-0.39, 0.29) is 24.1 Å². The molecule has 164 valence electrons. The van der Waals surface area contributed by atoms with Crippen molar-refractivity contribution in [2.24, 2.45) is 0 Å². The number of aromatic nitrogens is 1. The van der Waals surface area contributed by atoms with Gasteiger partial charge in [-0.1, -0.05) is 0 Å². The van der Waals surface area contributed by atoms with Crippen LogP contribution in [0.1, 0.15) is 31.2 Å². The minimum Gasteiger partial charge on any atom is -0.493 e. The molecule has 4 rings (SSSR count). The van der Waals surface area contributed by atoms with Gasteiger partial charge in [-0.3, -0.25) is 9.78 Å². The van der Waals surface area contributed by atoms with Crippen LogP contribution in [-0.2, 0) is 4.79 Å². The molecule has 2 fully saturated rings. The summed E-state index contributed by atoms with van der Waals surface area (Å²) in [5.74, 6) is 2.46. The van der Waals surface area contributed by atoms with E-state index in [2.05, 4.69) is 4.98 Å². The number of hydrogen-bond donors (Lipinski definition) is 0. The van der Waals surface area contributed by atoms with Crippen molar-refractivity contribution in [1.29, 1.82) is 0 Å². The van der Waals surface area contributed by atoms with Crippen LogP contribution in [0.5, 0.6) is 23.0 Å². The molecule has 0 saturated carbocycles. The smallest absolute Gasteiger partial charge is 0.247 e. The molecule has 2 aliphatic heterocycles. The Bertz CT molecular complexity index is 907. The maximum atomic E-state index is 13.0. The zero-order valence-corrected chi connectivity index (χ0v) is 18.1. The first-order chi connectivity index (χ1) is 15.1. The van der Waals surface area contributed by atoms with Gasteiger partial charge < -0.3 is 23.8 Å². The molecule has 7 heteroatoms. The van der Waals surface area contributed by atoms with Gasteiger partial charge >= 0.3 is 0 Å². The average molecular weight is 424 g/mol. The first-order valence-corrected chi connectivity index (χ1v) is 10.5. The molecular weight excluding hydrogens is 396 g/mol. The van der Waals surface area contributed by atoms with E-state index in [0.29, 0.717) is 17.2 Å². The largest absolute Gasteiger partial charge is 0.493 e. The van der Waals surface area contributed by atoms with Crippen molar-refractivity contribution < 1.29 is 23.7 Å². The number of rotatable bonds is 7. The van der Waals surface area contributed by atoms with Gasteiger partial charge in [-0.05, 0) is 48.7 Å². The predicted octanol–water partition coefficient (Wildman–Crippen LogP) is 3.72. The minimum absolute atomic E-state index is 0.0288. The molecule has 2 unspecified atom stereocenters. The molecule has 0 N–H and O–H groups in total. The molecule has 2 aliphatic rings. The first kappa shape index (κ1) is 21.0. The van der Waals surface area contributed by atoms with Gasteiger partial charge in [-0.15, -0.1) is 0 Å². The normalized spacial score (nSPS) is 22.4. The number of amides is 1. The number of pyridine rings is 1. The Balaban J connectivity index is 1.44. The van der Waals surface area contributed by atoms with Gasteiger partial charge in [0.25, 0.3) is 0 Å². The van der Waals surface area contributed by atoms with Gasteiger partial charge in [0.05, 0.1) is 27.5 Å². The van der Waals surface area contributed by atoms with Crippen molar-refractivity contribution in [3.8, 4) is 23.0 Å². The number of ether oxygens (including phenoxy) is 4. The molecule has 7 nitrogen and oxygen atoms in total.